The van der Waals surface area contributed by atoms with E-state index in [1.54, 1.807) is 0 Å². The predicted molar refractivity (Wildman–Crippen MR) is 137 cm³/mol. The summed E-state index contributed by atoms with van der Waals surface area (Å²) in [7, 11) is 0. The fourth-order valence-electron chi connectivity index (χ4n) is 5.72. The number of fused-ring (bicyclic) bond motifs is 5. The van der Waals surface area contributed by atoms with Crippen molar-refractivity contribution in [1.29, 1.82) is 0 Å². The molecule has 0 atom stereocenters. The summed E-state index contributed by atoms with van der Waals surface area (Å²) in [6, 6.07) is 36.1. The molecule has 0 saturated carbocycles. The van der Waals surface area contributed by atoms with Gasteiger partial charge < -0.3 is 0 Å². The Balaban J connectivity index is 1.54. The second kappa shape index (κ2) is 6.37. The van der Waals surface area contributed by atoms with Gasteiger partial charge in [-0.15, -0.1) is 0 Å². The van der Waals surface area contributed by atoms with Crippen LogP contribution in [0, 0.1) is 0 Å². The minimum atomic E-state index is 0.0402. The van der Waals surface area contributed by atoms with E-state index in [4.69, 9.17) is 0 Å². The Bertz CT molecular complexity index is 1570. The van der Waals surface area contributed by atoms with Gasteiger partial charge in [0.1, 0.15) is 0 Å². The normalized spacial score (nSPS) is 14.7. The standard InChI is InChI=1S/C31H22S/c1-31(2)25-11-5-3-9-22(25)24-18-20(15-17-26(24)31)21-16-14-19-8-7-13-28-29(19)30(21)23-10-4-6-12-27(23)32-28/h3-18H,1-2H3. The van der Waals surface area contributed by atoms with Crippen molar-refractivity contribution < 1.29 is 0 Å². The molecule has 0 unspecified atom stereocenters. The van der Waals surface area contributed by atoms with E-state index in [0.29, 0.717) is 0 Å². The van der Waals surface area contributed by atoms with Gasteiger partial charge in [0, 0.05) is 20.6 Å². The van der Waals surface area contributed by atoms with Crippen LogP contribution in [0.1, 0.15) is 25.0 Å². The minimum absolute atomic E-state index is 0.0402. The molecule has 0 fully saturated rings. The van der Waals surface area contributed by atoms with Crippen LogP contribution >= 0.6 is 11.8 Å². The molecule has 152 valence electrons. The Morgan fingerprint density at radius 3 is 2.22 bits per heavy atom. The van der Waals surface area contributed by atoms with Gasteiger partial charge in [0.15, 0.2) is 0 Å². The fraction of sp³-hybridized carbons (Fsp3) is 0.0968. The summed E-state index contributed by atoms with van der Waals surface area (Å²) >= 11 is 1.89. The first-order valence-electron chi connectivity index (χ1n) is 11.2. The minimum Gasteiger partial charge on any atom is -0.0888 e. The molecule has 1 heterocycles. The highest BCUT2D eigenvalue weighted by Crippen LogP contribution is 2.53. The van der Waals surface area contributed by atoms with Gasteiger partial charge in [-0.05, 0) is 68.1 Å². The van der Waals surface area contributed by atoms with Crippen LogP contribution in [0.5, 0.6) is 0 Å². The first-order valence-corrected chi connectivity index (χ1v) is 12.0. The first-order chi connectivity index (χ1) is 15.6. The fourth-order valence-corrected chi connectivity index (χ4v) is 6.85. The molecule has 0 spiro atoms. The molecular formula is C31H22S. The quantitative estimate of drug-likeness (QED) is 0.253. The number of hydrogen-bond acceptors (Lipinski definition) is 1. The Labute approximate surface area is 192 Å². The van der Waals surface area contributed by atoms with Crippen LogP contribution in [0.3, 0.4) is 0 Å². The summed E-state index contributed by atoms with van der Waals surface area (Å²) in [4.78, 5) is 2.69. The van der Waals surface area contributed by atoms with Crippen LogP contribution in [0.25, 0.3) is 44.2 Å². The van der Waals surface area contributed by atoms with Gasteiger partial charge in [-0.1, -0.05) is 104 Å². The van der Waals surface area contributed by atoms with Gasteiger partial charge in [0.2, 0.25) is 0 Å². The second-order valence-electron chi connectivity index (χ2n) is 9.37. The van der Waals surface area contributed by atoms with Crippen LogP contribution in [0.4, 0.5) is 0 Å². The van der Waals surface area contributed by atoms with E-state index in [1.807, 2.05) is 11.8 Å². The Hall–Kier alpha value is -3.29. The second-order valence-corrected chi connectivity index (χ2v) is 10.5. The summed E-state index contributed by atoms with van der Waals surface area (Å²) < 4.78 is 0. The number of hydrogen-bond donors (Lipinski definition) is 0. The van der Waals surface area contributed by atoms with Crippen molar-refractivity contribution in [3.63, 3.8) is 0 Å². The van der Waals surface area contributed by atoms with Gasteiger partial charge in [-0.2, -0.15) is 0 Å². The molecule has 1 aliphatic carbocycles. The third-order valence-electron chi connectivity index (χ3n) is 7.28. The monoisotopic (exact) mass is 426 g/mol. The molecule has 0 saturated heterocycles. The van der Waals surface area contributed by atoms with Crippen molar-refractivity contribution in [1.82, 2.24) is 0 Å². The lowest BCUT2D eigenvalue weighted by atomic mass is 9.82. The Morgan fingerprint density at radius 1 is 0.562 bits per heavy atom. The highest BCUT2D eigenvalue weighted by atomic mass is 32.2. The van der Waals surface area contributed by atoms with Crippen molar-refractivity contribution >= 4 is 22.5 Å². The number of benzene rings is 5. The topological polar surface area (TPSA) is 0 Å². The molecule has 7 rings (SSSR count). The third kappa shape index (κ3) is 2.35. The van der Waals surface area contributed by atoms with Gasteiger partial charge >= 0.3 is 0 Å². The van der Waals surface area contributed by atoms with E-state index in [9.17, 15) is 0 Å². The lowest BCUT2D eigenvalue weighted by Crippen LogP contribution is -2.14. The maximum absolute atomic E-state index is 2.42. The average Bonchev–Trinajstić information content (AvgIpc) is 3.06. The zero-order valence-corrected chi connectivity index (χ0v) is 19.0. The molecule has 32 heavy (non-hydrogen) atoms. The van der Waals surface area contributed by atoms with E-state index in [-0.39, 0.29) is 5.41 Å². The van der Waals surface area contributed by atoms with E-state index >= 15 is 0 Å². The average molecular weight is 427 g/mol. The lowest BCUT2D eigenvalue weighted by molar-refractivity contribution is 0.660. The van der Waals surface area contributed by atoms with Gasteiger partial charge in [-0.3, -0.25) is 0 Å². The molecule has 5 aromatic rings. The van der Waals surface area contributed by atoms with Crippen LogP contribution in [-0.4, -0.2) is 0 Å². The molecule has 0 aromatic heterocycles. The zero-order chi connectivity index (χ0) is 21.4. The van der Waals surface area contributed by atoms with Crippen molar-refractivity contribution in [3.8, 4) is 33.4 Å². The smallest absolute Gasteiger partial charge is 0.0207 e. The predicted octanol–water partition coefficient (Wildman–Crippen LogP) is 8.94. The van der Waals surface area contributed by atoms with Crippen LogP contribution in [0.15, 0.2) is 107 Å². The highest BCUT2D eigenvalue weighted by molar-refractivity contribution is 7.99. The van der Waals surface area contributed by atoms with E-state index in [1.165, 1.54) is 65.1 Å². The molecule has 0 N–H and O–H groups in total. The van der Waals surface area contributed by atoms with Crippen LogP contribution in [-0.2, 0) is 5.41 Å². The Morgan fingerprint density at radius 2 is 1.31 bits per heavy atom. The molecule has 0 amide bonds. The summed E-state index contributed by atoms with van der Waals surface area (Å²) in [5, 5.41) is 2.70. The molecule has 1 aliphatic heterocycles. The van der Waals surface area contributed by atoms with Crippen LogP contribution < -0.4 is 0 Å². The molecule has 0 bridgehead atoms. The van der Waals surface area contributed by atoms with E-state index in [0.717, 1.165) is 0 Å². The molecule has 5 aromatic carbocycles. The molecular weight excluding hydrogens is 404 g/mol. The van der Waals surface area contributed by atoms with Gasteiger partial charge in [0.25, 0.3) is 0 Å². The van der Waals surface area contributed by atoms with Crippen molar-refractivity contribution in [3.05, 3.63) is 108 Å². The maximum atomic E-state index is 2.42. The SMILES string of the molecule is CC1(C)c2ccccc2-c2cc(-c3ccc4cccc5c4c3-c3ccccc3S5)ccc21. The van der Waals surface area contributed by atoms with Gasteiger partial charge in [0.05, 0.1) is 0 Å². The summed E-state index contributed by atoms with van der Waals surface area (Å²) in [6.07, 6.45) is 0. The molecule has 0 radical (unpaired) electrons. The van der Waals surface area contributed by atoms with Crippen molar-refractivity contribution in [2.75, 3.05) is 0 Å². The molecule has 1 heteroatoms. The van der Waals surface area contributed by atoms with Crippen LogP contribution in [0.2, 0.25) is 0 Å². The zero-order valence-electron chi connectivity index (χ0n) is 18.1. The molecule has 2 aliphatic rings. The first kappa shape index (κ1) is 18.3. The highest BCUT2D eigenvalue weighted by Gasteiger charge is 2.35. The number of rotatable bonds is 1. The van der Waals surface area contributed by atoms with E-state index < -0.39 is 0 Å². The summed E-state index contributed by atoms with van der Waals surface area (Å²) in [5.41, 5.74) is 11.0. The summed E-state index contributed by atoms with van der Waals surface area (Å²) in [6.45, 7) is 4.69. The lowest BCUT2D eigenvalue weighted by Gasteiger charge is -2.24. The third-order valence-corrected chi connectivity index (χ3v) is 8.41. The van der Waals surface area contributed by atoms with Crippen molar-refractivity contribution in [2.45, 2.75) is 29.1 Å². The largest absolute Gasteiger partial charge is 0.0888 e. The van der Waals surface area contributed by atoms with Crippen molar-refractivity contribution in [2.24, 2.45) is 0 Å². The Kier molecular flexibility index (Phi) is 3.64. The molecule has 0 nitrogen and oxygen atoms in total. The maximum Gasteiger partial charge on any atom is 0.0207 e. The van der Waals surface area contributed by atoms with E-state index in [2.05, 4.69) is 111 Å². The van der Waals surface area contributed by atoms with Gasteiger partial charge in [-0.25, -0.2) is 0 Å². The summed E-state index contributed by atoms with van der Waals surface area (Å²) in [5.74, 6) is 0.